The molecule has 6 heteroatoms. The zero-order chi connectivity index (χ0) is 14.5. The lowest BCUT2D eigenvalue weighted by Crippen LogP contribution is -2.15. The van der Waals surface area contributed by atoms with Crippen LogP contribution >= 0.6 is 0 Å². The molecular formula is C14H17N3O3. The maximum atomic E-state index is 12.3. The highest BCUT2D eigenvalue weighted by Gasteiger charge is 2.18. The first-order chi connectivity index (χ1) is 9.67. The molecule has 1 N–H and O–H groups in total. The van der Waals surface area contributed by atoms with Crippen molar-refractivity contribution in [3.63, 3.8) is 0 Å². The van der Waals surface area contributed by atoms with Crippen molar-refractivity contribution in [2.24, 2.45) is 0 Å². The maximum Gasteiger partial charge on any atom is 0.263 e. The number of pyridine rings is 1. The van der Waals surface area contributed by atoms with Gasteiger partial charge < -0.3 is 9.26 Å². The number of hydrogen-bond acceptors (Lipinski definition) is 5. The molecule has 0 saturated carbocycles. The number of aryl methyl sites for hydroxylation is 1. The molecule has 0 unspecified atom stereocenters. The lowest BCUT2D eigenvalue weighted by Gasteiger charge is -2.08. The van der Waals surface area contributed by atoms with Crippen LogP contribution in [0, 0.1) is 6.92 Å². The smallest absolute Gasteiger partial charge is 0.263 e. The van der Waals surface area contributed by atoms with Crippen LogP contribution in [0.3, 0.4) is 0 Å². The Morgan fingerprint density at radius 1 is 1.45 bits per heavy atom. The van der Waals surface area contributed by atoms with Crippen molar-refractivity contribution >= 4 is 11.8 Å². The first-order valence-corrected chi connectivity index (χ1v) is 6.51. The van der Waals surface area contributed by atoms with Crippen LogP contribution in [0.4, 0.5) is 5.88 Å². The molecule has 2 rings (SSSR count). The summed E-state index contributed by atoms with van der Waals surface area (Å²) in [5.74, 6) is 0.357. The quantitative estimate of drug-likeness (QED) is 0.907. The van der Waals surface area contributed by atoms with Gasteiger partial charge >= 0.3 is 0 Å². The minimum Gasteiger partial charge on any atom is -0.477 e. The van der Waals surface area contributed by atoms with Crippen LogP contribution in [0.15, 0.2) is 22.9 Å². The Balaban J connectivity index is 2.24. The fraction of sp³-hybridized carbons (Fsp3) is 0.357. The summed E-state index contributed by atoms with van der Waals surface area (Å²) in [7, 11) is 0. The summed E-state index contributed by atoms with van der Waals surface area (Å²) in [6.45, 7) is 6.10. The number of nitrogens with one attached hydrogen (secondary N) is 1. The molecule has 106 valence electrons. The van der Waals surface area contributed by atoms with Gasteiger partial charge in [0.2, 0.25) is 11.8 Å². The van der Waals surface area contributed by atoms with Gasteiger partial charge in [0, 0.05) is 11.8 Å². The highest BCUT2D eigenvalue weighted by atomic mass is 16.5. The molecular weight excluding hydrogens is 258 g/mol. The van der Waals surface area contributed by atoms with Crippen molar-refractivity contribution in [2.45, 2.75) is 27.2 Å². The molecule has 1 amide bonds. The SMILES string of the molecule is CCOc1ncccc1C(=O)Nc1onc(C)c1CC. The molecule has 0 aliphatic heterocycles. The number of aromatic nitrogens is 2. The second-order valence-corrected chi connectivity index (χ2v) is 4.17. The first kappa shape index (κ1) is 14.0. The van der Waals surface area contributed by atoms with E-state index in [2.05, 4.69) is 15.5 Å². The minimum atomic E-state index is -0.326. The van der Waals surface area contributed by atoms with Crippen molar-refractivity contribution in [1.82, 2.24) is 10.1 Å². The van der Waals surface area contributed by atoms with Gasteiger partial charge in [-0.05, 0) is 32.4 Å². The van der Waals surface area contributed by atoms with Crippen LogP contribution in [-0.4, -0.2) is 22.7 Å². The molecule has 0 bridgehead atoms. The van der Waals surface area contributed by atoms with E-state index in [1.54, 1.807) is 18.3 Å². The van der Waals surface area contributed by atoms with E-state index in [4.69, 9.17) is 9.26 Å². The van der Waals surface area contributed by atoms with Crippen LogP contribution in [0.25, 0.3) is 0 Å². The van der Waals surface area contributed by atoms with Crippen LogP contribution in [0.2, 0.25) is 0 Å². The predicted octanol–water partition coefficient (Wildman–Crippen LogP) is 2.59. The van der Waals surface area contributed by atoms with E-state index in [9.17, 15) is 4.79 Å². The van der Waals surface area contributed by atoms with Gasteiger partial charge in [-0.25, -0.2) is 4.98 Å². The van der Waals surface area contributed by atoms with Crippen LogP contribution in [0.1, 0.15) is 35.5 Å². The second kappa shape index (κ2) is 6.18. The fourth-order valence-electron chi connectivity index (χ4n) is 1.89. The van der Waals surface area contributed by atoms with Gasteiger partial charge in [-0.1, -0.05) is 12.1 Å². The van der Waals surface area contributed by atoms with Gasteiger partial charge in [0.25, 0.3) is 5.91 Å². The highest BCUT2D eigenvalue weighted by Crippen LogP contribution is 2.22. The van der Waals surface area contributed by atoms with Crippen molar-refractivity contribution in [3.8, 4) is 5.88 Å². The lowest BCUT2D eigenvalue weighted by molar-refractivity contribution is 0.101. The second-order valence-electron chi connectivity index (χ2n) is 4.17. The Morgan fingerprint density at radius 2 is 2.25 bits per heavy atom. The minimum absolute atomic E-state index is 0.307. The number of amides is 1. The number of carbonyl (C=O) groups is 1. The van der Waals surface area contributed by atoms with E-state index in [-0.39, 0.29) is 5.91 Å². The summed E-state index contributed by atoms with van der Waals surface area (Å²) >= 11 is 0. The summed E-state index contributed by atoms with van der Waals surface area (Å²) in [6, 6.07) is 3.34. The molecule has 20 heavy (non-hydrogen) atoms. The first-order valence-electron chi connectivity index (χ1n) is 6.51. The van der Waals surface area contributed by atoms with Crippen molar-refractivity contribution < 1.29 is 14.1 Å². The van der Waals surface area contributed by atoms with Gasteiger partial charge in [-0.15, -0.1) is 0 Å². The van der Waals surface area contributed by atoms with E-state index < -0.39 is 0 Å². The summed E-state index contributed by atoms with van der Waals surface area (Å²) in [5.41, 5.74) is 2.03. The Labute approximate surface area is 117 Å². The number of carbonyl (C=O) groups excluding carboxylic acids is 1. The number of hydrogen-bond donors (Lipinski definition) is 1. The van der Waals surface area contributed by atoms with E-state index in [0.717, 1.165) is 17.7 Å². The molecule has 0 saturated heterocycles. The van der Waals surface area contributed by atoms with Crippen molar-refractivity contribution in [2.75, 3.05) is 11.9 Å². The van der Waals surface area contributed by atoms with Crippen molar-refractivity contribution in [3.05, 3.63) is 35.2 Å². The number of ether oxygens (including phenoxy) is 1. The molecule has 6 nitrogen and oxygen atoms in total. The van der Waals surface area contributed by atoms with Gasteiger partial charge in [-0.2, -0.15) is 0 Å². The zero-order valence-electron chi connectivity index (χ0n) is 11.8. The molecule has 0 aliphatic rings. The average Bonchev–Trinajstić information content (AvgIpc) is 2.80. The molecule has 2 aromatic rings. The maximum absolute atomic E-state index is 12.3. The molecule has 0 radical (unpaired) electrons. The van der Waals surface area contributed by atoms with Gasteiger partial charge in [0.1, 0.15) is 5.56 Å². The van der Waals surface area contributed by atoms with Crippen molar-refractivity contribution in [1.29, 1.82) is 0 Å². The molecule has 2 heterocycles. The van der Waals surface area contributed by atoms with Crippen LogP contribution < -0.4 is 10.1 Å². The van der Waals surface area contributed by atoms with E-state index in [0.29, 0.717) is 23.9 Å². The average molecular weight is 275 g/mol. The molecule has 0 fully saturated rings. The number of anilines is 1. The third-order valence-corrected chi connectivity index (χ3v) is 2.86. The number of rotatable bonds is 5. The summed E-state index contributed by atoms with van der Waals surface area (Å²) in [4.78, 5) is 16.3. The standard InChI is InChI=1S/C14H17N3O3/c1-4-10-9(3)17-20-14(10)16-12(18)11-7-6-8-15-13(11)19-5-2/h6-8H,4-5H2,1-3H3,(H,16,18). The normalized spacial score (nSPS) is 10.3. The summed E-state index contributed by atoms with van der Waals surface area (Å²) in [5, 5.41) is 6.57. The Hall–Kier alpha value is -2.37. The molecule has 0 aliphatic carbocycles. The molecule has 0 atom stereocenters. The van der Waals surface area contributed by atoms with E-state index in [1.807, 2.05) is 20.8 Å². The van der Waals surface area contributed by atoms with Crippen LogP contribution in [0.5, 0.6) is 5.88 Å². The largest absolute Gasteiger partial charge is 0.477 e. The van der Waals surface area contributed by atoms with Gasteiger partial charge in [-0.3, -0.25) is 10.1 Å². The van der Waals surface area contributed by atoms with E-state index >= 15 is 0 Å². The Kier molecular flexibility index (Phi) is 4.34. The third kappa shape index (κ3) is 2.79. The molecule has 0 spiro atoms. The van der Waals surface area contributed by atoms with E-state index in [1.165, 1.54) is 0 Å². The van der Waals surface area contributed by atoms with Gasteiger partial charge in [0.05, 0.1) is 12.3 Å². The Bertz CT molecular complexity index is 607. The third-order valence-electron chi connectivity index (χ3n) is 2.86. The van der Waals surface area contributed by atoms with Crippen LogP contribution in [-0.2, 0) is 6.42 Å². The molecule has 2 aromatic heterocycles. The highest BCUT2D eigenvalue weighted by molar-refractivity contribution is 6.05. The fourth-order valence-corrected chi connectivity index (χ4v) is 1.89. The Morgan fingerprint density at radius 3 is 2.95 bits per heavy atom. The molecule has 0 aromatic carbocycles. The summed E-state index contributed by atoms with van der Waals surface area (Å²) in [6.07, 6.45) is 2.31. The predicted molar refractivity (Wildman–Crippen MR) is 74.0 cm³/mol. The lowest BCUT2D eigenvalue weighted by atomic mass is 10.2. The topological polar surface area (TPSA) is 77.2 Å². The zero-order valence-corrected chi connectivity index (χ0v) is 11.8. The monoisotopic (exact) mass is 275 g/mol. The number of nitrogens with zero attached hydrogens (tertiary/aromatic N) is 2. The van der Waals surface area contributed by atoms with Gasteiger partial charge in [0.15, 0.2) is 0 Å². The summed E-state index contributed by atoms with van der Waals surface area (Å²) < 4.78 is 10.5.